The number of aliphatic imine (C=N–C) groups is 1. The summed E-state index contributed by atoms with van der Waals surface area (Å²) >= 11 is 1.59. The summed E-state index contributed by atoms with van der Waals surface area (Å²) < 4.78 is 1.90. The van der Waals surface area contributed by atoms with Crippen LogP contribution in [0.4, 0.5) is 0 Å². The Morgan fingerprint density at radius 1 is 1.46 bits per heavy atom. The van der Waals surface area contributed by atoms with Gasteiger partial charge in [0, 0.05) is 35.6 Å². The van der Waals surface area contributed by atoms with Gasteiger partial charge in [-0.05, 0) is 43.4 Å². The number of thiophene rings is 1. The van der Waals surface area contributed by atoms with E-state index in [4.69, 9.17) is 11.6 Å². The van der Waals surface area contributed by atoms with Gasteiger partial charge in [0.05, 0.1) is 18.4 Å². The third kappa shape index (κ3) is 4.29. The van der Waals surface area contributed by atoms with Gasteiger partial charge in [0.1, 0.15) is 10.7 Å². The van der Waals surface area contributed by atoms with Gasteiger partial charge in [-0.2, -0.15) is 5.10 Å². The zero-order chi connectivity index (χ0) is 20.3. The standard InChI is InChI=1S/C20H25N7S/c1-13(2)27-11-16(9-25-27)14(3)8-24-19(21)15(4)26(22)10-17-12-28-20-18(17)6-5-7-23-20/h5-9,11-13H,4,10,22H2,1-3H3,(H2,21,24)/b14-8+. The van der Waals surface area contributed by atoms with E-state index in [9.17, 15) is 0 Å². The summed E-state index contributed by atoms with van der Waals surface area (Å²) in [6.07, 6.45) is 7.30. The second-order valence-corrected chi connectivity index (χ2v) is 7.68. The van der Waals surface area contributed by atoms with Gasteiger partial charge in [0.15, 0.2) is 0 Å². The maximum absolute atomic E-state index is 6.18. The summed E-state index contributed by atoms with van der Waals surface area (Å²) in [5.41, 5.74) is 9.59. The normalized spacial score (nSPS) is 12.8. The van der Waals surface area contributed by atoms with Crippen LogP contribution in [-0.4, -0.2) is 25.6 Å². The number of fused-ring (bicyclic) bond motifs is 1. The molecule has 0 aliphatic carbocycles. The molecule has 0 unspecified atom stereocenters. The third-order valence-electron chi connectivity index (χ3n) is 4.40. The minimum Gasteiger partial charge on any atom is -0.382 e. The molecule has 3 rings (SSSR count). The van der Waals surface area contributed by atoms with Gasteiger partial charge in [0.25, 0.3) is 0 Å². The van der Waals surface area contributed by atoms with Crippen molar-refractivity contribution < 1.29 is 0 Å². The van der Waals surface area contributed by atoms with Crippen molar-refractivity contribution in [3.8, 4) is 0 Å². The van der Waals surface area contributed by atoms with E-state index < -0.39 is 0 Å². The molecule has 3 aromatic heterocycles. The Kier molecular flexibility index (Phi) is 5.91. The van der Waals surface area contributed by atoms with E-state index in [1.807, 2.05) is 36.1 Å². The van der Waals surface area contributed by atoms with Crippen molar-refractivity contribution in [3.05, 3.63) is 65.7 Å². The van der Waals surface area contributed by atoms with E-state index >= 15 is 0 Å². The molecule has 146 valence electrons. The molecule has 0 saturated carbocycles. The molecule has 28 heavy (non-hydrogen) atoms. The fraction of sp³-hybridized carbons (Fsp3) is 0.250. The fourth-order valence-corrected chi connectivity index (χ4v) is 3.51. The minimum absolute atomic E-state index is 0.274. The molecular formula is C20H25N7S. The molecule has 8 heteroatoms. The van der Waals surface area contributed by atoms with E-state index in [2.05, 4.69) is 40.9 Å². The van der Waals surface area contributed by atoms with Crippen LogP contribution in [0.2, 0.25) is 0 Å². The van der Waals surface area contributed by atoms with Crippen molar-refractivity contribution in [1.82, 2.24) is 19.8 Å². The van der Waals surface area contributed by atoms with Gasteiger partial charge in [-0.3, -0.25) is 4.68 Å². The number of hydrogen-bond donors (Lipinski definition) is 2. The summed E-state index contributed by atoms with van der Waals surface area (Å²) in [4.78, 5) is 9.67. The number of nitrogens with zero attached hydrogens (tertiary/aromatic N) is 5. The van der Waals surface area contributed by atoms with Crippen molar-refractivity contribution in [1.29, 1.82) is 0 Å². The number of aromatic nitrogens is 3. The average molecular weight is 396 g/mol. The second kappa shape index (κ2) is 8.37. The van der Waals surface area contributed by atoms with Crippen LogP contribution in [-0.2, 0) is 6.54 Å². The first-order valence-electron chi connectivity index (χ1n) is 8.94. The minimum atomic E-state index is 0.274. The lowest BCUT2D eigenvalue weighted by Gasteiger charge is -2.20. The first kappa shape index (κ1) is 19.8. The quantitative estimate of drug-likeness (QED) is 0.275. The molecule has 0 fully saturated rings. The molecule has 0 atom stereocenters. The highest BCUT2D eigenvalue weighted by molar-refractivity contribution is 7.16. The first-order chi connectivity index (χ1) is 13.4. The van der Waals surface area contributed by atoms with Gasteiger partial charge in [-0.25, -0.2) is 15.8 Å². The molecule has 7 nitrogen and oxygen atoms in total. The summed E-state index contributed by atoms with van der Waals surface area (Å²) in [5, 5.41) is 8.98. The predicted octanol–water partition coefficient (Wildman–Crippen LogP) is 3.68. The molecule has 0 radical (unpaired) electrons. The van der Waals surface area contributed by atoms with E-state index in [0.29, 0.717) is 18.3 Å². The highest BCUT2D eigenvalue weighted by Gasteiger charge is 2.11. The van der Waals surface area contributed by atoms with Crippen LogP contribution in [0.25, 0.3) is 15.8 Å². The molecule has 0 saturated heterocycles. The molecule has 4 N–H and O–H groups in total. The van der Waals surface area contributed by atoms with Crippen LogP contribution in [0.3, 0.4) is 0 Å². The van der Waals surface area contributed by atoms with E-state index in [0.717, 1.165) is 26.9 Å². The average Bonchev–Trinajstić information content (AvgIpc) is 3.33. The van der Waals surface area contributed by atoms with Gasteiger partial charge in [0.2, 0.25) is 0 Å². The molecule has 3 heterocycles. The SMILES string of the molecule is C=C(C(N)=N/C=C(\C)c1cnn(C(C)C)c1)N(N)Cc1csc2ncccc12. The van der Waals surface area contributed by atoms with Gasteiger partial charge < -0.3 is 10.7 Å². The lowest BCUT2D eigenvalue weighted by molar-refractivity contribution is 0.372. The van der Waals surface area contributed by atoms with Crippen LogP contribution >= 0.6 is 11.3 Å². The smallest absolute Gasteiger partial charge is 0.147 e. The Bertz CT molecular complexity index is 1040. The largest absolute Gasteiger partial charge is 0.382 e. The second-order valence-electron chi connectivity index (χ2n) is 6.82. The monoisotopic (exact) mass is 395 g/mol. The van der Waals surface area contributed by atoms with E-state index in [1.165, 1.54) is 5.01 Å². The van der Waals surface area contributed by atoms with Gasteiger partial charge >= 0.3 is 0 Å². The van der Waals surface area contributed by atoms with E-state index in [-0.39, 0.29) is 5.84 Å². The Balaban J connectivity index is 1.69. The molecule has 0 bridgehead atoms. The Morgan fingerprint density at radius 3 is 2.96 bits per heavy atom. The van der Waals surface area contributed by atoms with Gasteiger partial charge in [-0.1, -0.05) is 12.6 Å². The van der Waals surface area contributed by atoms with Crippen LogP contribution in [0.1, 0.15) is 37.9 Å². The molecule has 0 spiro atoms. The molecule has 0 aliphatic rings. The molecule has 3 aromatic rings. The summed E-state index contributed by atoms with van der Waals surface area (Å²) in [7, 11) is 0. The zero-order valence-corrected chi connectivity index (χ0v) is 17.1. The highest BCUT2D eigenvalue weighted by Crippen LogP contribution is 2.25. The number of nitrogens with two attached hydrogens (primary N) is 2. The zero-order valence-electron chi connectivity index (χ0n) is 16.3. The number of hydrogen-bond acceptors (Lipinski definition) is 6. The van der Waals surface area contributed by atoms with Crippen LogP contribution in [0, 0.1) is 0 Å². The van der Waals surface area contributed by atoms with Crippen molar-refractivity contribution in [2.75, 3.05) is 0 Å². The molecular weight excluding hydrogens is 370 g/mol. The molecule has 0 amide bonds. The maximum Gasteiger partial charge on any atom is 0.147 e. The van der Waals surface area contributed by atoms with Crippen LogP contribution < -0.4 is 11.6 Å². The maximum atomic E-state index is 6.18. The van der Waals surface area contributed by atoms with Crippen molar-refractivity contribution >= 4 is 33.0 Å². The predicted molar refractivity (Wildman–Crippen MR) is 116 cm³/mol. The van der Waals surface area contributed by atoms with E-state index in [1.54, 1.807) is 23.7 Å². The molecule has 0 aliphatic heterocycles. The summed E-state index contributed by atoms with van der Waals surface area (Å²) in [5.74, 6) is 6.45. The first-order valence-corrected chi connectivity index (χ1v) is 9.82. The fourth-order valence-electron chi connectivity index (χ4n) is 2.61. The lowest BCUT2D eigenvalue weighted by Crippen LogP contribution is -2.35. The number of hydrazine groups is 1. The van der Waals surface area contributed by atoms with Crippen LogP contribution in [0.5, 0.6) is 0 Å². The Labute approximate surface area is 168 Å². The number of amidine groups is 1. The topological polar surface area (TPSA) is 98.3 Å². The summed E-state index contributed by atoms with van der Waals surface area (Å²) in [6, 6.07) is 4.26. The number of rotatable bonds is 7. The molecule has 0 aromatic carbocycles. The Hall–Kier alpha value is -2.97. The van der Waals surface area contributed by atoms with Crippen molar-refractivity contribution in [3.63, 3.8) is 0 Å². The Morgan fingerprint density at radius 2 is 2.25 bits per heavy atom. The van der Waals surface area contributed by atoms with Crippen LogP contribution in [0.15, 0.2) is 59.6 Å². The van der Waals surface area contributed by atoms with Crippen molar-refractivity contribution in [2.24, 2.45) is 16.6 Å². The van der Waals surface area contributed by atoms with Crippen molar-refractivity contribution in [2.45, 2.75) is 33.4 Å². The highest BCUT2D eigenvalue weighted by atomic mass is 32.1. The third-order valence-corrected chi connectivity index (χ3v) is 5.35. The number of allylic oxidation sites excluding steroid dienone is 1. The van der Waals surface area contributed by atoms with Gasteiger partial charge in [-0.15, -0.1) is 11.3 Å². The number of pyridine rings is 1. The lowest BCUT2D eigenvalue weighted by atomic mass is 10.2. The summed E-state index contributed by atoms with van der Waals surface area (Å²) in [6.45, 7) is 10.6.